The highest BCUT2D eigenvalue weighted by Crippen LogP contribution is 2.42. The van der Waals surface area contributed by atoms with Crippen molar-refractivity contribution in [3.63, 3.8) is 0 Å². The zero-order valence-corrected chi connectivity index (χ0v) is 23.0. The van der Waals surface area contributed by atoms with Crippen LogP contribution in [-0.2, 0) is 0 Å². The second kappa shape index (κ2) is 10.6. The average molecular weight is 529 g/mol. The van der Waals surface area contributed by atoms with Gasteiger partial charge < -0.3 is 5.73 Å². The van der Waals surface area contributed by atoms with Gasteiger partial charge in [0.25, 0.3) is 0 Å². The van der Waals surface area contributed by atoms with Crippen LogP contribution in [0, 0.1) is 11.3 Å². The van der Waals surface area contributed by atoms with Crippen molar-refractivity contribution in [3.8, 4) is 28.6 Å². The van der Waals surface area contributed by atoms with E-state index in [2.05, 4.69) is 67.2 Å². The minimum absolute atomic E-state index is 0.148. The Balaban J connectivity index is 1.57. The van der Waals surface area contributed by atoms with E-state index in [9.17, 15) is 0 Å². The normalized spacial score (nSPS) is 12.8. The van der Waals surface area contributed by atoms with Crippen LogP contribution in [0.3, 0.4) is 0 Å². The molecule has 0 spiro atoms. The zero-order chi connectivity index (χ0) is 28.5. The molecular formula is C37H28N4. The van der Waals surface area contributed by atoms with Crippen molar-refractivity contribution in [1.82, 2.24) is 9.97 Å². The molecule has 2 N–H and O–H groups in total. The number of hydrogen-bond acceptors (Lipinski definition) is 4. The third-order valence-corrected chi connectivity index (χ3v) is 7.59. The van der Waals surface area contributed by atoms with E-state index in [0.29, 0.717) is 0 Å². The first kappa shape index (κ1) is 25.7. The lowest BCUT2D eigenvalue weighted by molar-refractivity contribution is 1.28. The molecule has 0 fully saturated rings. The highest BCUT2D eigenvalue weighted by molar-refractivity contribution is 6.27. The number of pyridine rings is 2. The summed E-state index contributed by atoms with van der Waals surface area (Å²) in [5.41, 5.74) is 13.4. The number of nitriles is 1. The lowest BCUT2D eigenvalue weighted by atomic mass is 9.88. The summed E-state index contributed by atoms with van der Waals surface area (Å²) in [5, 5.41) is 16.3. The summed E-state index contributed by atoms with van der Waals surface area (Å²) in [5.74, 6) is 0. The first-order chi connectivity index (χ1) is 20.1. The van der Waals surface area contributed by atoms with Gasteiger partial charge in [0, 0.05) is 11.1 Å². The van der Waals surface area contributed by atoms with Crippen LogP contribution < -0.4 is 5.73 Å². The van der Waals surface area contributed by atoms with Gasteiger partial charge in [-0.2, -0.15) is 5.26 Å². The summed E-state index contributed by atoms with van der Waals surface area (Å²) in [4.78, 5) is 9.99. The number of nitrogens with two attached hydrogens (primary N) is 1. The second-order valence-electron chi connectivity index (χ2n) is 9.87. The molecular weight excluding hydrogens is 500 g/mol. The molecule has 0 aliphatic carbocycles. The zero-order valence-electron chi connectivity index (χ0n) is 23.0. The number of allylic oxidation sites excluding steroid dienone is 7. The van der Waals surface area contributed by atoms with Crippen molar-refractivity contribution in [2.45, 2.75) is 13.8 Å². The molecule has 6 rings (SSSR count). The minimum Gasteiger partial charge on any atom is -0.390 e. The largest absolute Gasteiger partial charge is 0.390 e. The third kappa shape index (κ3) is 4.44. The Morgan fingerprint density at radius 1 is 0.707 bits per heavy atom. The molecule has 4 nitrogen and oxygen atoms in total. The second-order valence-corrected chi connectivity index (χ2v) is 9.87. The van der Waals surface area contributed by atoms with E-state index in [-0.39, 0.29) is 5.70 Å². The van der Waals surface area contributed by atoms with Gasteiger partial charge in [-0.05, 0) is 87.7 Å². The molecule has 0 aliphatic rings. The Bertz CT molecular complexity index is 2100. The molecule has 196 valence electrons. The summed E-state index contributed by atoms with van der Waals surface area (Å²) in [6.45, 7) is 7.87. The molecule has 0 atom stereocenters. The summed E-state index contributed by atoms with van der Waals surface area (Å²) >= 11 is 0. The molecule has 0 aliphatic heterocycles. The Labute approximate surface area is 239 Å². The maximum Gasteiger partial charge on any atom is 0.117 e. The predicted molar refractivity (Wildman–Crippen MR) is 172 cm³/mol. The number of nitrogens with zero attached hydrogens (tertiary/aromatic N) is 3. The summed E-state index contributed by atoms with van der Waals surface area (Å²) in [6, 6.07) is 31.5. The molecule has 0 unspecified atom stereocenters. The van der Waals surface area contributed by atoms with Gasteiger partial charge in [-0.1, -0.05) is 85.5 Å². The van der Waals surface area contributed by atoms with Gasteiger partial charge in [-0.25, -0.2) is 9.97 Å². The number of aromatic nitrogens is 2. The molecule has 41 heavy (non-hydrogen) atoms. The predicted octanol–water partition coefficient (Wildman–Crippen LogP) is 9.07. The summed E-state index contributed by atoms with van der Waals surface area (Å²) < 4.78 is 0. The average Bonchev–Trinajstić information content (AvgIpc) is 3.03. The third-order valence-electron chi connectivity index (χ3n) is 7.59. The van der Waals surface area contributed by atoms with Gasteiger partial charge in [-0.3, -0.25) is 0 Å². The fraction of sp³-hybridized carbons (Fsp3) is 0.0541. The Hall–Kier alpha value is -5.53. The van der Waals surface area contributed by atoms with Gasteiger partial charge in [0.15, 0.2) is 0 Å². The van der Waals surface area contributed by atoms with Crippen molar-refractivity contribution in [1.29, 1.82) is 5.26 Å². The van der Waals surface area contributed by atoms with E-state index >= 15 is 0 Å². The molecule has 0 radical (unpaired) electrons. The van der Waals surface area contributed by atoms with Crippen LogP contribution in [0.25, 0.3) is 66.0 Å². The van der Waals surface area contributed by atoms with Gasteiger partial charge in [-0.15, -0.1) is 0 Å². The van der Waals surface area contributed by atoms with Crippen molar-refractivity contribution < 1.29 is 0 Å². The van der Waals surface area contributed by atoms with Gasteiger partial charge in [0.1, 0.15) is 11.8 Å². The van der Waals surface area contributed by atoms with E-state index in [4.69, 9.17) is 21.0 Å². The Kier molecular flexibility index (Phi) is 6.63. The quantitative estimate of drug-likeness (QED) is 0.133. The Morgan fingerprint density at radius 2 is 1.20 bits per heavy atom. The van der Waals surface area contributed by atoms with Crippen molar-refractivity contribution >= 4 is 43.5 Å². The first-order valence-corrected chi connectivity index (χ1v) is 13.5. The highest BCUT2D eigenvalue weighted by atomic mass is 14.7. The standard InChI is InChI=1S/C37H28N4/c1-4-23(5-2)32-9-7-11-34(40-32)28-17-13-25-16-20-31-29(18-14-26-15-19-30(28)36(25)37(26)31)35-12-8-10-33(41-35)24(6-3)21-27(39)22-38/h4-21H,1,39H2,2-3H3/b23-5+,24-6+,27-21-. The fourth-order valence-electron chi connectivity index (χ4n) is 5.61. The molecule has 4 aromatic carbocycles. The number of benzene rings is 4. The van der Waals surface area contributed by atoms with E-state index in [1.165, 1.54) is 21.5 Å². The molecule has 2 heterocycles. The van der Waals surface area contributed by atoms with Crippen LogP contribution in [-0.4, -0.2) is 9.97 Å². The first-order valence-electron chi connectivity index (χ1n) is 13.5. The Morgan fingerprint density at radius 3 is 1.66 bits per heavy atom. The number of rotatable bonds is 6. The van der Waals surface area contributed by atoms with Crippen LogP contribution in [0.1, 0.15) is 25.2 Å². The van der Waals surface area contributed by atoms with Crippen molar-refractivity contribution in [2.24, 2.45) is 5.73 Å². The van der Waals surface area contributed by atoms with Crippen LogP contribution in [0.5, 0.6) is 0 Å². The van der Waals surface area contributed by atoms with Crippen molar-refractivity contribution in [2.75, 3.05) is 0 Å². The van der Waals surface area contributed by atoms with E-state index in [0.717, 1.165) is 55.8 Å². The summed E-state index contributed by atoms with van der Waals surface area (Å²) in [7, 11) is 0. The SMILES string of the molecule is C=C/C(=C\C)c1cccc(-c2ccc3ccc4c(-c5cccc(C(/C=C(\N)C#N)=C/C)n5)ccc5ccc2c3c54)n1. The number of hydrogen-bond donors (Lipinski definition) is 1. The van der Waals surface area contributed by atoms with Gasteiger partial charge >= 0.3 is 0 Å². The molecule has 2 aromatic heterocycles. The molecule has 0 saturated heterocycles. The topological polar surface area (TPSA) is 75.6 Å². The van der Waals surface area contributed by atoms with Crippen molar-refractivity contribution in [3.05, 3.63) is 133 Å². The van der Waals surface area contributed by atoms with Crippen LogP contribution in [0.4, 0.5) is 0 Å². The lowest BCUT2D eigenvalue weighted by Crippen LogP contribution is -1.96. The highest BCUT2D eigenvalue weighted by Gasteiger charge is 2.16. The molecule has 0 bridgehead atoms. The van der Waals surface area contributed by atoms with E-state index < -0.39 is 0 Å². The molecule has 0 amide bonds. The molecule has 6 aromatic rings. The van der Waals surface area contributed by atoms with Gasteiger partial charge in [0.2, 0.25) is 0 Å². The minimum atomic E-state index is 0.148. The maximum atomic E-state index is 9.16. The van der Waals surface area contributed by atoms with Crippen LogP contribution in [0.15, 0.2) is 122 Å². The smallest absolute Gasteiger partial charge is 0.117 e. The molecule has 4 heteroatoms. The fourth-order valence-corrected chi connectivity index (χ4v) is 5.61. The summed E-state index contributed by atoms with van der Waals surface area (Å²) in [6.07, 6.45) is 7.45. The molecule has 0 saturated carbocycles. The maximum absolute atomic E-state index is 9.16. The van der Waals surface area contributed by atoms with E-state index in [1.54, 1.807) is 6.08 Å². The van der Waals surface area contributed by atoms with Crippen LogP contribution in [0.2, 0.25) is 0 Å². The van der Waals surface area contributed by atoms with E-state index in [1.807, 2.05) is 62.4 Å². The van der Waals surface area contributed by atoms with Crippen LogP contribution >= 0.6 is 0 Å². The van der Waals surface area contributed by atoms with Gasteiger partial charge in [0.05, 0.1) is 22.8 Å². The monoisotopic (exact) mass is 528 g/mol. The lowest BCUT2D eigenvalue weighted by Gasteiger charge is -2.16.